The van der Waals surface area contributed by atoms with Crippen molar-refractivity contribution in [3.8, 4) is 11.5 Å². The van der Waals surface area contributed by atoms with E-state index in [-0.39, 0.29) is 6.54 Å². The maximum absolute atomic E-state index is 6.41. The highest BCUT2D eigenvalue weighted by molar-refractivity contribution is 6.37. The molecule has 22 heavy (non-hydrogen) atoms. The third kappa shape index (κ3) is 3.65. The molecule has 0 bridgehead atoms. The lowest BCUT2D eigenvalue weighted by Crippen LogP contribution is -2.21. The van der Waals surface area contributed by atoms with Crippen molar-refractivity contribution in [2.75, 3.05) is 13.7 Å². The number of benzene rings is 2. The van der Waals surface area contributed by atoms with Crippen molar-refractivity contribution in [2.24, 2.45) is 11.5 Å². The summed E-state index contributed by atoms with van der Waals surface area (Å²) in [5.74, 6) is 0.871. The maximum Gasteiger partial charge on any atom is 0.180 e. The van der Waals surface area contributed by atoms with Gasteiger partial charge < -0.3 is 20.9 Å². The van der Waals surface area contributed by atoms with E-state index in [1.807, 2.05) is 30.3 Å². The second-order valence-electron chi connectivity index (χ2n) is 4.73. The van der Waals surface area contributed by atoms with Crippen LogP contribution in [-0.4, -0.2) is 13.7 Å². The summed E-state index contributed by atoms with van der Waals surface area (Å²) in [7, 11) is 1.53. The van der Waals surface area contributed by atoms with Crippen molar-refractivity contribution in [3.05, 3.63) is 57.6 Å². The Labute approximate surface area is 139 Å². The minimum Gasteiger partial charge on any atom is -0.493 e. The average molecular weight is 341 g/mol. The molecule has 4 N–H and O–H groups in total. The fourth-order valence-corrected chi connectivity index (χ4v) is 2.84. The number of rotatable bonds is 6. The number of nitrogens with two attached hydrogens (primary N) is 2. The van der Waals surface area contributed by atoms with Gasteiger partial charge in [-0.3, -0.25) is 0 Å². The molecule has 0 aliphatic carbocycles. The lowest BCUT2D eigenvalue weighted by molar-refractivity contribution is 0.284. The number of ether oxygens (including phenoxy) is 2. The molecule has 0 aliphatic rings. The largest absolute Gasteiger partial charge is 0.493 e. The minimum absolute atomic E-state index is 0.226. The van der Waals surface area contributed by atoms with Gasteiger partial charge in [-0.05, 0) is 5.56 Å². The van der Waals surface area contributed by atoms with Crippen LogP contribution in [0.15, 0.2) is 36.4 Å². The first-order chi connectivity index (χ1) is 10.6. The average Bonchev–Trinajstić information content (AvgIpc) is 2.54. The summed E-state index contributed by atoms with van der Waals surface area (Å²) in [5.41, 5.74) is 13.2. The van der Waals surface area contributed by atoms with Crippen LogP contribution in [0, 0.1) is 0 Å². The molecule has 1 unspecified atom stereocenters. The van der Waals surface area contributed by atoms with E-state index in [9.17, 15) is 0 Å². The minimum atomic E-state index is -0.468. The van der Waals surface area contributed by atoms with Gasteiger partial charge in [0.05, 0.1) is 17.2 Å². The number of hydrogen-bond donors (Lipinski definition) is 2. The molecule has 0 fully saturated rings. The Bertz CT molecular complexity index is 636. The van der Waals surface area contributed by atoms with Crippen LogP contribution < -0.4 is 20.9 Å². The Morgan fingerprint density at radius 2 is 1.86 bits per heavy atom. The van der Waals surface area contributed by atoms with Crippen LogP contribution in [0.1, 0.15) is 17.2 Å². The SMILES string of the molecule is COc1cc(Cl)c(C(N)CN)c(Cl)c1OCc1ccccc1. The summed E-state index contributed by atoms with van der Waals surface area (Å²) in [5, 5.41) is 0.741. The zero-order valence-corrected chi connectivity index (χ0v) is 13.7. The van der Waals surface area contributed by atoms with E-state index >= 15 is 0 Å². The Morgan fingerprint density at radius 3 is 2.45 bits per heavy atom. The van der Waals surface area contributed by atoms with Gasteiger partial charge in [-0.2, -0.15) is 0 Å². The van der Waals surface area contributed by atoms with Gasteiger partial charge in [0.2, 0.25) is 0 Å². The van der Waals surface area contributed by atoms with Crippen LogP contribution >= 0.6 is 23.2 Å². The van der Waals surface area contributed by atoms with Crippen molar-refractivity contribution >= 4 is 23.2 Å². The zero-order valence-electron chi connectivity index (χ0n) is 12.2. The van der Waals surface area contributed by atoms with E-state index in [0.29, 0.717) is 33.7 Å². The molecule has 0 saturated heterocycles. The molecule has 2 rings (SSSR count). The second-order valence-corrected chi connectivity index (χ2v) is 5.52. The van der Waals surface area contributed by atoms with Gasteiger partial charge in [0.25, 0.3) is 0 Å². The molecule has 1 atom stereocenters. The van der Waals surface area contributed by atoms with Crippen LogP contribution in [0.4, 0.5) is 0 Å². The molecule has 0 saturated carbocycles. The standard InChI is InChI=1S/C16H18Cl2N2O2/c1-21-13-7-11(17)14(12(20)8-19)15(18)16(13)22-9-10-5-3-2-4-6-10/h2-7,12H,8-9,19-20H2,1H3. The van der Waals surface area contributed by atoms with Gasteiger partial charge in [-0.25, -0.2) is 0 Å². The summed E-state index contributed by atoms with van der Waals surface area (Å²) >= 11 is 12.6. The first kappa shape index (κ1) is 16.9. The summed E-state index contributed by atoms with van der Waals surface area (Å²) in [6, 6.07) is 10.9. The molecule has 0 heterocycles. The Kier molecular flexibility index (Phi) is 5.91. The maximum atomic E-state index is 6.41. The molecule has 0 aromatic heterocycles. The van der Waals surface area contributed by atoms with Crippen molar-refractivity contribution in [1.29, 1.82) is 0 Å². The van der Waals surface area contributed by atoms with Gasteiger partial charge in [-0.1, -0.05) is 53.5 Å². The summed E-state index contributed by atoms with van der Waals surface area (Å²) in [4.78, 5) is 0. The fourth-order valence-electron chi connectivity index (χ4n) is 2.07. The van der Waals surface area contributed by atoms with E-state index in [4.69, 9.17) is 44.1 Å². The van der Waals surface area contributed by atoms with E-state index in [1.165, 1.54) is 7.11 Å². The molecular weight excluding hydrogens is 323 g/mol. The molecular formula is C16H18Cl2N2O2. The van der Waals surface area contributed by atoms with E-state index < -0.39 is 6.04 Å². The summed E-state index contributed by atoms with van der Waals surface area (Å²) in [6.45, 7) is 0.583. The van der Waals surface area contributed by atoms with Crippen LogP contribution in [0.2, 0.25) is 10.0 Å². The third-order valence-electron chi connectivity index (χ3n) is 3.25. The van der Waals surface area contributed by atoms with Crippen molar-refractivity contribution in [2.45, 2.75) is 12.6 Å². The Hall–Kier alpha value is -1.46. The Balaban J connectivity index is 2.36. The first-order valence-corrected chi connectivity index (χ1v) is 7.52. The smallest absolute Gasteiger partial charge is 0.180 e. The summed E-state index contributed by atoms with van der Waals surface area (Å²) < 4.78 is 11.1. The third-order valence-corrected chi connectivity index (χ3v) is 3.93. The highest BCUT2D eigenvalue weighted by atomic mass is 35.5. The van der Waals surface area contributed by atoms with Gasteiger partial charge in [0, 0.05) is 24.2 Å². The predicted molar refractivity (Wildman–Crippen MR) is 89.8 cm³/mol. The molecule has 0 radical (unpaired) electrons. The van der Waals surface area contributed by atoms with Crippen molar-refractivity contribution in [3.63, 3.8) is 0 Å². The molecule has 0 aliphatic heterocycles. The lowest BCUT2D eigenvalue weighted by atomic mass is 10.1. The highest BCUT2D eigenvalue weighted by Crippen LogP contribution is 2.43. The molecule has 2 aromatic rings. The Morgan fingerprint density at radius 1 is 1.18 bits per heavy atom. The molecule has 0 amide bonds. The van der Waals surface area contributed by atoms with Crippen molar-refractivity contribution < 1.29 is 9.47 Å². The number of methoxy groups -OCH3 is 1. The van der Waals surface area contributed by atoms with Crippen LogP contribution in [0.3, 0.4) is 0 Å². The topological polar surface area (TPSA) is 70.5 Å². The number of hydrogen-bond acceptors (Lipinski definition) is 4. The fraction of sp³-hybridized carbons (Fsp3) is 0.250. The normalized spacial score (nSPS) is 12.0. The van der Waals surface area contributed by atoms with Gasteiger partial charge in [0.1, 0.15) is 6.61 Å². The van der Waals surface area contributed by atoms with Crippen LogP contribution in [0.5, 0.6) is 11.5 Å². The summed E-state index contributed by atoms with van der Waals surface area (Å²) in [6.07, 6.45) is 0. The first-order valence-electron chi connectivity index (χ1n) is 6.76. The molecule has 6 heteroatoms. The molecule has 4 nitrogen and oxygen atoms in total. The van der Waals surface area contributed by atoms with Gasteiger partial charge in [-0.15, -0.1) is 0 Å². The van der Waals surface area contributed by atoms with Crippen LogP contribution in [0.25, 0.3) is 0 Å². The zero-order chi connectivity index (χ0) is 16.1. The quantitative estimate of drug-likeness (QED) is 0.843. The lowest BCUT2D eigenvalue weighted by Gasteiger charge is -2.19. The van der Waals surface area contributed by atoms with Crippen LogP contribution in [-0.2, 0) is 6.61 Å². The number of halogens is 2. The highest BCUT2D eigenvalue weighted by Gasteiger charge is 2.21. The van der Waals surface area contributed by atoms with Gasteiger partial charge in [0.15, 0.2) is 11.5 Å². The van der Waals surface area contributed by atoms with Gasteiger partial charge >= 0.3 is 0 Å². The molecule has 118 valence electrons. The molecule has 2 aromatic carbocycles. The van der Waals surface area contributed by atoms with E-state index in [0.717, 1.165) is 5.56 Å². The van der Waals surface area contributed by atoms with E-state index in [1.54, 1.807) is 6.07 Å². The monoisotopic (exact) mass is 340 g/mol. The molecule has 0 spiro atoms. The second kappa shape index (κ2) is 7.70. The van der Waals surface area contributed by atoms with E-state index in [2.05, 4.69) is 0 Å². The predicted octanol–water partition coefficient (Wildman–Crippen LogP) is 3.54. The van der Waals surface area contributed by atoms with Crippen molar-refractivity contribution in [1.82, 2.24) is 0 Å².